The van der Waals surface area contributed by atoms with E-state index in [0.717, 1.165) is 4.90 Å². The van der Waals surface area contributed by atoms with Gasteiger partial charge in [-0.15, -0.1) is 0 Å². The number of hydrogen-bond acceptors (Lipinski definition) is 7. The van der Waals surface area contributed by atoms with Gasteiger partial charge in [-0.3, -0.25) is 29.0 Å². The van der Waals surface area contributed by atoms with Gasteiger partial charge in [0.2, 0.25) is 17.7 Å². The Morgan fingerprint density at radius 2 is 1.51 bits per heavy atom. The van der Waals surface area contributed by atoms with Crippen LogP contribution in [-0.4, -0.2) is 86.9 Å². The first-order valence-electron chi connectivity index (χ1n) is 13.0. The van der Waals surface area contributed by atoms with E-state index in [0.29, 0.717) is 0 Å². The molecule has 0 N–H and O–H groups in total. The molecule has 4 amide bonds. The summed E-state index contributed by atoms with van der Waals surface area (Å²) < 4.78 is 11.6. The molecule has 0 saturated carbocycles. The second-order valence-corrected chi connectivity index (χ2v) is 12.7. The standard InChI is InChI=1S/C27H45N3O7/c1-14(2)18-20(31)26(9,10)23(34)29(18)21(32)15(3)19-16(4)30(27(11,12)36-19)22(33)17(5)28(13)24(35)37-25(6,7)8/h14-19H,1-13H3/t15-,16+,17+,18-,19+/m1/s1. The van der Waals surface area contributed by atoms with Gasteiger partial charge in [0.05, 0.1) is 18.1 Å². The molecule has 2 fully saturated rings. The van der Waals surface area contributed by atoms with E-state index in [1.807, 2.05) is 13.8 Å². The maximum absolute atomic E-state index is 13.7. The van der Waals surface area contributed by atoms with E-state index in [2.05, 4.69) is 0 Å². The molecule has 210 valence electrons. The van der Waals surface area contributed by atoms with Crippen LogP contribution in [0.3, 0.4) is 0 Å². The van der Waals surface area contributed by atoms with Gasteiger partial charge < -0.3 is 14.4 Å². The average Bonchev–Trinajstić information content (AvgIpc) is 3.10. The minimum atomic E-state index is -1.28. The number of carbonyl (C=O) groups excluding carboxylic acids is 5. The molecule has 2 aliphatic heterocycles. The van der Waals surface area contributed by atoms with Crippen LogP contribution in [0.15, 0.2) is 0 Å². The minimum Gasteiger partial charge on any atom is -0.444 e. The van der Waals surface area contributed by atoms with Crippen LogP contribution in [0.25, 0.3) is 0 Å². The number of likely N-dealkylation sites (tertiary alicyclic amines) is 1. The summed E-state index contributed by atoms with van der Waals surface area (Å²) in [6.45, 7) is 20.5. The van der Waals surface area contributed by atoms with Crippen LogP contribution in [0.1, 0.15) is 83.1 Å². The van der Waals surface area contributed by atoms with Crippen LogP contribution in [0.4, 0.5) is 4.79 Å². The van der Waals surface area contributed by atoms with Crippen LogP contribution in [0.5, 0.6) is 0 Å². The molecule has 10 nitrogen and oxygen atoms in total. The number of rotatable bonds is 5. The third-order valence-corrected chi connectivity index (χ3v) is 7.41. The molecule has 10 heteroatoms. The summed E-state index contributed by atoms with van der Waals surface area (Å²) in [5, 5.41) is 0. The number of ketones is 1. The highest BCUT2D eigenvalue weighted by atomic mass is 16.6. The van der Waals surface area contributed by atoms with E-state index >= 15 is 0 Å². The predicted octanol–water partition coefficient (Wildman–Crippen LogP) is 3.22. The number of carbonyl (C=O) groups is 5. The Morgan fingerprint density at radius 3 is 1.97 bits per heavy atom. The Morgan fingerprint density at radius 1 is 1.00 bits per heavy atom. The van der Waals surface area contributed by atoms with Crippen LogP contribution in [0.2, 0.25) is 0 Å². The lowest BCUT2D eigenvalue weighted by molar-refractivity contribution is -0.156. The predicted molar refractivity (Wildman–Crippen MR) is 137 cm³/mol. The number of nitrogens with zero attached hydrogens (tertiary/aromatic N) is 3. The molecule has 0 aromatic heterocycles. The Labute approximate surface area is 221 Å². The van der Waals surface area contributed by atoms with E-state index in [1.54, 1.807) is 69.2 Å². The lowest BCUT2D eigenvalue weighted by atomic mass is 9.85. The lowest BCUT2D eigenvalue weighted by Gasteiger charge is -2.37. The molecular weight excluding hydrogens is 478 g/mol. The first-order valence-corrected chi connectivity index (χ1v) is 13.0. The molecule has 2 saturated heterocycles. The van der Waals surface area contributed by atoms with Crippen molar-refractivity contribution in [1.29, 1.82) is 0 Å². The molecule has 2 aliphatic rings. The normalized spacial score (nSPS) is 26.9. The van der Waals surface area contributed by atoms with Crippen molar-refractivity contribution in [2.24, 2.45) is 17.3 Å². The highest BCUT2D eigenvalue weighted by molar-refractivity contribution is 6.19. The quantitative estimate of drug-likeness (QED) is 0.509. The molecule has 0 aromatic rings. The van der Waals surface area contributed by atoms with Crippen molar-refractivity contribution in [3.63, 3.8) is 0 Å². The van der Waals surface area contributed by atoms with Crippen molar-refractivity contribution in [3.8, 4) is 0 Å². The van der Waals surface area contributed by atoms with Crippen molar-refractivity contribution in [1.82, 2.24) is 14.7 Å². The molecule has 2 rings (SSSR count). The number of Topliss-reactive ketones (excluding diaryl/α,β-unsaturated/α-hetero) is 1. The number of amides is 4. The van der Waals surface area contributed by atoms with Gasteiger partial charge in [0, 0.05) is 7.05 Å². The number of hydrogen-bond donors (Lipinski definition) is 0. The second kappa shape index (κ2) is 10.0. The number of imide groups is 1. The Kier molecular flexibility index (Phi) is 8.31. The summed E-state index contributed by atoms with van der Waals surface area (Å²) in [6, 6.07) is -2.24. The lowest BCUT2D eigenvalue weighted by Crippen LogP contribution is -2.56. The van der Waals surface area contributed by atoms with Gasteiger partial charge in [-0.2, -0.15) is 0 Å². The fourth-order valence-electron chi connectivity index (χ4n) is 5.19. The molecule has 0 aromatic carbocycles. The second-order valence-electron chi connectivity index (χ2n) is 12.7. The van der Waals surface area contributed by atoms with Gasteiger partial charge in [-0.1, -0.05) is 20.8 Å². The zero-order chi connectivity index (χ0) is 29.0. The average molecular weight is 524 g/mol. The van der Waals surface area contributed by atoms with E-state index in [4.69, 9.17) is 9.47 Å². The van der Waals surface area contributed by atoms with Crippen molar-refractivity contribution in [2.75, 3.05) is 7.05 Å². The molecule has 0 spiro atoms. The van der Waals surface area contributed by atoms with Gasteiger partial charge in [0.25, 0.3) is 0 Å². The van der Waals surface area contributed by atoms with Crippen LogP contribution < -0.4 is 0 Å². The third kappa shape index (κ3) is 5.54. The van der Waals surface area contributed by atoms with Gasteiger partial charge in [-0.25, -0.2) is 4.79 Å². The largest absolute Gasteiger partial charge is 0.444 e. The summed E-state index contributed by atoms with van der Waals surface area (Å²) in [6.07, 6.45) is -1.36. The molecule has 2 heterocycles. The highest BCUT2D eigenvalue weighted by Gasteiger charge is 2.59. The summed E-state index contributed by atoms with van der Waals surface area (Å²) >= 11 is 0. The van der Waals surface area contributed by atoms with Crippen molar-refractivity contribution in [2.45, 2.75) is 119 Å². The number of likely N-dealkylation sites (N-methyl/N-ethyl adjacent to an activating group) is 1. The van der Waals surface area contributed by atoms with Gasteiger partial charge in [0.1, 0.15) is 28.8 Å². The third-order valence-electron chi connectivity index (χ3n) is 7.41. The fraction of sp³-hybridized carbons (Fsp3) is 0.815. The summed E-state index contributed by atoms with van der Waals surface area (Å²) in [4.78, 5) is 69.9. The minimum absolute atomic E-state index is 0.241. The maximum atomic E-state index is 13.7. The van der Waals surface area contributed by atoms with E-state index in [1.165, 1.54) is 16.8 Å². The molecule has 0 bridgehead atoms. The smallest absolute Gasteiger partial charge is 0.410 e. The zero-order valence-electron chi connectivity index (χ0n) is 24.7. The SMILES string of the molecule is CC(C)[C@@H]1C(=O)C(C)(C)C(=O)N1C(=O)[C@H](C)[C@@H]1OC(C)(C)N(C(=O)[C@H](C)N(C)C(=O)OC(C)(C)C)[C@H]1C. The van der Waals surface area contributed by atoms with E-state index in [-0.39, 0.29) is 17.6 Å². The maximum Gasteiger partial charge on any atom is 0.410 e. The van der Waals surface area contributed by atoms with Gasteiger partial charge >= 0.3 is 6.09 Å². The topological polar surface area (TPSA) is 114 Å². The summed E-state index contributed by atoms with van der Waals surface area (Å²) in [7, 11) is 1.50. The zero-order valence-corrected chi connectivity index (χ0v) is 24.7. The molecule has 37 heavy (non-hydrogen) atoms. The van der Waals surface area contributed by atoms with Crippen molar-refractivity contribution >= 4 is 29.6 Å². The molecular formula is C27H45N3O7. The molecule has 0 aliphatic carbocycles. The van der Waals surface area contributed by atoms with Crippen molar-refractivity contribution < 1.29 is 33.4 Å². The Bertz CT molecular complexity index is 966. The summed E-state index contributed by atoms with van der Waals surface area (Å²) in [5.74, 6) is -2.69. The van der Waals surface area contributed by atoms with Gasteiger partial charge in [0.15, 0.2) is 5.78 Å². The molecule has 5 atom stereocenters. The fourth-order valence-corrected chi connectivity index (χ4v) is 5.19. The first kappa shape index (κ1) is 30.7. The first-order chi connectivity index (χ1) is 16.6. The molecule has 0 radical (unpaired) electrons. The Hall–Kier alpha value is -2.49. The van der Waals surface area contributed by atoms with Crippen LogP contribution in [0, 0.1) is 17.3 Å². The number of ether oxygens (including phenoxy) is 2. The Balaban J connectivity index is 2.30. The van der Waals surface area contributed by atoms with Gasteiger partial charge in [-0.05, 0) is 68.2 Å². The monoisotopic (exact) mass is 523 g/mol. The van der Waals surface area contributed by atoms with Crippen LogP contribution in [-0.2, 0) is 28.7 Å². The van der Waals surface area contributed by atoms with E-state index in [9.17, 15) is 24.0 Å². The van der Waals surface area contributed by atoms with E-state index < -0.39 is 64.8 Å². The molecule has 0 unspecified atom stereocenters. The van der Waals surface area contributed by atoms with Crippen LogP contribution >= 0.6 is 0 Å². The van der Waals surface area contributed by atoms with Crippen molar-refractivity contribution in [3.05, 3.63) is 0 Å². The summed E-state index contributed by atoms with van der Waals surface area (Å²) in [5.41, 5.74) is -3.08. The highest BCUT2D eigenvalue weighted by Crippen LogP contribution is 2.40.